The molecule has 2 unspecified atom stereocenters. The lowest BCUT2D eigenvalue weighted by Crippen LogP contribution is -2.66. The van der Waals surface area contributed by atoms with Crippen LogP contribution >= 0.6 is 0 Å². The zero-order valence-electron chi connectivity index (χ0n) is 8.51. The Labute approximate surface area is 83.2 Å². The Kier molecular flexibility index (Phi) is 4.44. The largest absolute Gasteiger partial charge is 0.394 e. The summed E-state index contributed by atoms with van der Waals surface area (Å²) >= 11 is 0. The Hall–Kier alpha value is -0.240. The van der Waals surface area contributed by atoms with Crippen LogP contribution in [0.15, 0.2) is 0 Å². The zero-order valence-corrected chi connectivity index (χ0v) is 8.51. The molecule has 0 spiro atoms. The molecule has 0 heterocycles. The van der Waals surface area contributed by atoms with Crippen molar-refractivity contribution in [2.45, 2.75) is 37.1 Å². The van der Waals surface area contributed by atoms with Gasteiger partial charge in [0.05, 0.1) is 24.9 Å². The minimum atomic E-state index is -1.64. The van der Waals surface area contributed by atoms with E-state index in [2.05, 4.69) is 0 Å². The fourth-order valence-electron chi connectivity index (χ4n) is 0.958. The maximum absolute atomic E-state index is 9.60. The van der Waals surface area contributed by atoms with E-state index in [-0.39, 0.29) is 0 Å². The number of aliphatic hydroxyl groups is 4. The van der Waals surface area contributed by atoms with E-state index < -0.39 is 36.5 Å². The molecule has 0 aliphatic carbocycles. The molecule has 2 atom stereocenters. The number of nitrogens with two attached hydrogens (primary N) is 2. The van der Waals surface area contributed by atoms with Gasteiger partial charge in [-0.25, -0.2) is 0 Å². The summed E-state index contributed by atoms with van der Waals surface area (Å²) in [5.74, 6) is 0. The summed E-state index contributed by atoms with van der Waals surface area (Å²) < 4.78 is 0. The van der Waals surface area contributed by atoms with Crippen molar-refractivity contribution in [2.75, 3.05) is 13.2 Å². The summed E-state index contributed by atoms with van der Waals surface area (Å²) in [6.07, 6.45) is -2.82. The maximum atomic E-state index is 9.60. The van der Waals surface area contributed by atoms with Crippen LogP contribution in [0.5, 0.6) is 0 Å². The van der Waals surface area contributed by atoms with Gasteiger partial charge in [0, 0.05) is 5.54 Å². The third-order valence-electron chi connectivity index (χ3n) is 2.24. The average molecular weight is 208 g/mol. The molecule has 6 heteroatoms. The van der Waals surface area contributed by atoms with Crippen LogP contribution in [0.4, 0.5) is 0 Å². The molecule has 0 saturated heterocycles. The Morgan fingerprint density at radius 3 is 1.57 bits per heavy atom. The van der Waals surface area contributed by atoms with Gasteiger partial charge in [0.25, 0.3) is 0 Å². The van der Waals surface area contributed by atoms with Crippen LogP contribution in [0.1, 0.15) is 13.8 Å². The van der Waals surface area contributed by atoms with Gasteiger partial charge in [-0.15, -0.1) is 0 Å². The molecule has 0 fully saturated rings. The molecule has 0 aliphatic heterocycles. The average Bonchev–Trinajstić information content (AvgIpc) is 2.12. The first-order chi connectivity index (χ1) is 6.19. The maximum Gasteiger partial charge on any atom is 0.104 e. The third kappa shape index (κ3) is 2.88. The first-order valence-electron chi connectivity index (χ1n) is 4.34. The van der Waals surface area contributed by atoms with Gasteiger partial charge in [-0.3, -0.25) is 0 Å². The molecular formula is C8H20N2O4. The molecular weight excluding hydrogens is 188 g/mol. The van der Waals surface area contributed by atoms with E-state index in [0.717, 1.165) is 0 Å². The first-order valence-corrected chi connectivity index (χ1v) is 4.34. The normalized spacial score (nSPS) is 18.0. The molecule has 14 heavy (non-hydrogen) atoms. The van der Waals surface area contributed by atoms with Gasteiger partial charge in [0.1, 0.15) is 6.10 Å². The number of rotatable bonds is 5. The Bertz CT molecular complexity index is 177. The van der Waals surface area contributed by atoms with E-state index in [1.54, 1.807) is 0 Å². The molecule has 0 aromatic carbocycles. The van der Waals surface area contributed by atoms with E-state index in [0.29, 0.717) is 0 Å². The highest BCUT2D eigenvalue weighted by Gasteiger charge is 2.42. The van der Waals surface area contributed by atoms with E-state index >= 15 is 0 Å². The number of hydrogen-bond acceptors (Lipinski definition) is 6. The molecule has 0 saturated carbocycles. The summed E-state index contributed by atoms with van der Waals surface area (Å²) in [7, 11) is 0. The van der Waals surface area contributed by atoms with Crippen LogP contribution in [0.25, 0.3) is 0 Å². The Morgan fingerprint density at radius 2 is 1.36 bits per heavy atom. The minimum Gasteiger partial charge on any atom is -0.394 e. The summed E-state index contributed by atoms with van der Waals surface area (Å²) in [5.41, 5.74) is 8.33. The predicted octanol–water partition coefficient (Wildman–Crippen LogP) is -2.87. The van der Waals surface area contributed by atoms with Crippen LogP contribution in [0, 0.1) is 0 Å². The van der Waals surface area contributed by atoms with Gasteiger partial charge in [-0.05, 0) is 13.8 Å². The second-order valence-electron chi connectivity index (χ2n) is 4.26. The lowest BCUT2D eigenvalue weighted by Gasteiger charge is -2.38. The predicted molar refractivity (Wildman–Crippen MR) is 51.4 cm³/mol. The van der Waals surface area contributed by atoms with Crippen molar-refractivity contribution in [1.82, 2.24) is 0 Å². The molecule has 0 bridgehead atoms. The van der Waals surface area contributed by atoms with Gasteiger partial charge in [0.2, 0.25) is 0 Å². The second kappa shape index (κ2) is 4.52. The smallest absolute Gasteiger partial charge is 0.104 e. The fourth-order valence-corrected chi connectivity index (χ4v) is 0.958. The van der Waals surface area contributed by atoms with Gasteiger partial charge >= 0.3 is 0 Å². The SMILES string of the molecule is CC(C)(N)C(O)C(O)C(N)(CO)CO. The van der Waals surface area contributed by atoms with Crippen LogP contribution in [0.3, 0.4) is 0 Å². The third-order valence-corrected chi connectivity index (χ3v) is 2.24. The highest BCUT2D eigenvalue weighted by Crippen LogP contribution is 2.17. The van der Waals surface area contributed by atoms with Crippen LogP contribution < -0.4 is 11.5 Å². The van der Waals surface area contributed by atoms with E-state index in [9.17, 15) is 10.2 Å². The first kappa shape index (κ1) is 13.8. The highest BCUT2D eigenvalue weighted by molar-refractivity contribution is 5.00. The Balaban J connectivity index is 4.67. The molecule has 6 nitrogen and oxygen atoms in total. The topological polar surface area (TPSA) is 133 Å². The standard InChI is InChI=1S/C8H20N2O4/c1-7(2,9)5(13)6(14)8(10,3-11)4-12/h5-6,11-14H,3-4,9-10H2,1-2H3. The molecule has 8 N–H and O–H groups in total. The van der Waals surface area contributed by atoms with Gasteiger partial charge < -0.3 is 31.9 Å². The molecule has 0 radical (unpaired) electrons. The summed E-state index contributed by atoms with van der Waals surface area (Å²) in [4.78, 5) is 0. The van der Waals surface area contributed by atoms with E-state index in [4.69, 9.17) is 21.7 Å². The highest BCUT2D eigenvalue weighted by atomic mass is 16.3. The van der Waals surface area contributed by atoms with Crippen LogP contribution in [-0.4, -0.2) is 56.9 Å². The quantitative estimate of drug-likeness (QED) is 0.288. The van der Waals surface area contributed by atoms with Crippen molar-refractivity contribution in [3.8, 4) is 0 Å². The van der Waals surface area contributed by atoms with Crippen molar-refractivity contribution >= 4 is 0 Å². The zero-order chi connectivity index (χ0) is 11.6. The van der Waals surface area contributed by atoms with E-state index in [1.807, 2.05) is 0 Å². The van der Waals surface area contributed by atoms with Gasteiger partial charge in [-0.2, -0.15) is 0 Å². The van der Waals surface area contributed by atoms with E-state index in [1.165, 1.54) is 13.8 Å². The summed E-state index contributed by atoms with van der Waals surface area (Å²) in [5, 5.41) is 36.9. The van der Waals surface area contributed by atoms with Gasteiger partial charge in [0.15, 0.2) is 0 Å². The minimum absolute atomic E-state index is 0.641. The summed E-state index contributed by atoms with van der Waals surface area (Å²) in [6.45, 7) is 1.74. The molecule has 0 aliphatic rings. The van der Waals surface area contributed by atoms with Crippen molar-refractivity contribution in [2.24, 2.45) is 11.5 Å². The molecule has 0 aromatic rings. The van der Waals surface area contributed by atoms with Crippen molar-refractivity contribution < 1.29 is 20.4 Å². The number of hydrogen-bond donors (Lipinski definition) is 6. The van der Waals surface area contributed by atoms with Crippen LogP contribution in [-0.2, 0) is 0 Å². The van der Waals surface area contributed by atoms with Crippen molar-refractivity contribution in [1.29, 1.82) is 0 Å². The fraction of sp³-hybridized carbons (Fsp3) is 1.00. The monoisotopic (exact) mass is 208 g/mol. The molecule has 0 rings (SSSR count). The van der Waals surface area contributed by atoms with Gasteiger partial charge in [-0.1, -0.05) is 0 Å². The lowest BCUT2D eigenvalue weighted by atomic mass is 9.83. The molecule has 0 aromatic heterocycles. The Morgan fingerprint density at radius 1 is 1.00 bits per heavy atom. The second-order valence-corrected chi connectivity index (χ2v) is 4.26. The number of aliphatic hydroxyl groups excluding tert-OH is 4. The summed E-state index contributed by atoms with van der Waals surface area (Å²) in [6, 6.07) is 0. The van der Waals surface area contributed by atoms with Crippen molar-refractivity contribution in [3.63, 3.8) is 0 Å². The lowest BCUT2D eigenvalue weighted by molar-refractivity contribution is -0.0844. The van der Waals surface area contributed by atoms with Crippen molar-refractivity contribution in [3.05, 3.63) is 0 Å². The molecule has 0 amide bonds. The molecule has 86 valence electrons. The van der Waals surface area contributed by atoms with Crippen LogP contribution in [0.2, 0.25) is 0 Å².